The Morgan fingerprint density at radius 3 is 2.56 bits per heavy atom. The van der Waals surface area contributed by atoms with E-state index in [2.05, 4.69) is 20.4 Å². The number of aromatic amines is 1. The number of aromatic nitrogens is 6. The van der Waals surface area contributed by atoms with Gasteiger partial charge in [0, 0.05) is 37.5 Å². The number of anilines is 1. The summed E-state index contributed by atoms with van der Waals surface area (Å²) in [5.41, 5.74) is 1.78. The number of H-pyrrole nitrogens is 1. The number of aryl methyl sites for hydroxylation is 1. The molecule has 0 saturated heterocycles. The molecule has 0 atom stereocenters. The van der Waals surface area contributed by atoms with Crippen molar-refractivity contribution in [1.82, 2.24) is 28.9 Å². The van der Waals surface area contributed by atoms with Gasteiger partial charge < -0.3 is 10.3 Å². The predicted molar refractivity (Wildman–Crippen MR) is 143 cm³/mol. The second kappa shape index (κ2) is 9.82. The Bertz CT molecular complexity index is 1810. The maximum atomic E-state index is 14.3. The second-order valence-corrected chi connectivity index (χ2v) is 9.93. The predicted octanol–water partition coefficient (Wildman–Crippen LogP) is 3.06. The lowest BCUT2D eigenvalue weighted by molar-refractivity contribution is 0.102. The van der Waals surface area contributed by atoms with Crippen LogP contribution in [0.1, 0.15) is 40.2 Å². The van der Waals surface area contributed by atoms with Gasteiger partial charge in [0.15, 0.2) is 5.65 Å². The van der Waals surface area contributed by atoms with Gasteiger partial charge in [0.1, 0.15) is 17.2 Å². The van der Waals surface area contributed by atoms with Crippen molar-refractivity contribution in [3.63, 3.8) is 0 Å². The van der Waals surface area contributed by atoms with E-state index in [-0.39, 0.29) is 23.5 Å². The summed E-state index contributed by atoms with van der Waals surface area (Å²) in [5, 5.41) is 6.84. The lowest BCUT2D eigenvalue weighted by Gasteiger charge is -2.11. The van der Waals surface area contributed by atoms with Gasteiger partial charge >= 0.3 is 5.69 Å². The zero-order valence-corrected chi connectivity index (χ0v) is 21.2. The Morgan fingerprint density at radius 2 is 1.87 bits per heavy atom. The van der Waals surface area contributed by atoms with Crippen molar-refractivity contribution in [2.45, 2.75) is 32.4 Å². The largest absolute Gasteiger partial charge is 0.336 e. The molecule has 2 aromatic carbocycles. The van der Waals surface area contributed by atoms with E-state index in [1.165, 1.54) is 16.8 Å². The molecule has 0 unspecified atom stereocenters. The van der Waals surface area contributed by atoms with E-state index in [1.54, 1.807) is 48.3 Å². The minimum Gasteiger partial charge on any atom is -0.336 e. The van der Waals surface area contributed by atoms with E-state index in [9.17, 15) is 18.8 Å². The highest BCUT2D eigenvalue weighted by molar-refractivity contribution is 6.03. The molecule has 1 aliphatic carbocycles. The molecule has 11 heteroatoms. The van der Waals surface area contributed by atoms with Crippen LogP contribution in [0.5, 0.6) is 0 Å². The third-order valence-corrected chi connectivity index (χ3v) is 6.88. The third kappa shape index (κ3) is 5.02. The SMILES string of the molecule is Cn1cc(C(=O)Nc2ccc(Cc3nc4c([nH]3)c(=O)n(Cc3ccccc3F)c(=O)n4CC3CC3)cc2)cn1. The lowest BCUT2D eigenvalue weighted by Crippen LogP contribution is -2.40. The monoisotopic (exact) mass is 527 g/mol. The summed E-state index contributed by atoms with van der Waals surface area (Å²) < 4.78 is 18.5. The summed E-state index contributed by atoms with van der Waals surface area (Å²) in [6.07, 6.45) is 5.55. The van der Waals surface area contributed by atoms with E-state index in [0.717, 1.165) is 23.0 Å². The molecule has 10 nitrogen and oxygen atoms in total. The van der Waals surface area contributed by atoms with Crippen LogP contribution in [0.2, 0.25) is 0 Å². The normalized spacial score (nSPS) is 13.2. The van der Waals surface area contributed by atoms with Crippen molar-refractivity contribution in [3.8, 4) is 0 Å². The topological polar surface area (TPSA) is 120 Å². The highest BCUT2D eigenvalue weighted by Crippen LogP contribution is 2.30. The summed E-state index contributed by atoms with van der Waals surface area (Å²) in [6, 6.07) is 13.4. The van der Waals surface area contributed by atoms with Gasteiger partial charge in [-0.05, 0) is 42.5 Å². The molecule has 2 N–H and O–H groups in total. The zero-order chi connectivity index (χ0) is 27.1. The average molecular weight is 528 g/mol. The van der Waals surface area contributed by atoms with Crippen molar-refractivity contribution in [2.24, 2.45) is 13.0 Å². The molecule has 3 aromatic heterocycles. The number of amides is 1. The first-order chi connectivity index (χ1) is 18.9. The standard InChI is InChI=1S/C28H26FN7O3/c1-34-15-20(13-30-34)26(37)31-21-10-8-17(9-11-21)12-23-32-24-25(33-23)35(14-18-6-7-18)28(39)36(27(24)38)16-19-4-2-3-5-22(19)29/h2-5,8-11,13,15,18H,6-7,12,14,16H2,1H3,(H,31,37)(H,32,33). The summed E-state index contributed by atoms with van der Waals surface area (Å²) in [4.78, 5) is 46.9. The molecule has 1 aliphatic rings. The second-order valence-electron chi connectivity index (χ2n) is 9.93. The quantitative estimate of drug-likeness (QED) is 0.322. The smallest absolute Gasteiger partial charge is 0.333 e. The van der Waals surface area contributed by atoms with Gasteiger partial charge in [0.05, 0.1) is 18.3 Å². The Labute approximate surface area is 221 Å². The van der Waals surface area contributed by atoms with Crippen LogP contribution in [-0.4, -0.2) is 34.8 Å². The molecule has 1 saturated carbocycles. The average Bonchev–Trinajstić information content (AvgIpc) is 3.48. The minimum absolute atomic E-state index is 0.161. The van der Waals surface area contributed by atoms with Gasteiger partial charge in [-0.2, -0.15) is 5.10 Å². The van der Waals surface area contributed by atoms with E-state index in [1.807, 2.05) is 12.1 Å². The molecular formula is C28H26FN7O3. The van der Waals surface area contributed by atoms with E-state index in [0.29, 0.717) is 41.6 Å². The molecule has 0 spiro atoms. The van der Waals surface area contributed by atoms with E-state index >= 15 is 0 Å². The Balaban J connectivity index is 1.29. The first-order valence-electron chi connectivity index (χ1n) is 12.7. The summed E-state index contributed by atoms with van der Waals surface area (Å²) in [7, 11) is 1.74. The molecule has 3 heterocycles. The Kier molecular flexibility index (Phi) is 6.18. The van der Waals surface area contributed by atoms with Crippen molar-refractivity contribution < 1.29 is 9.18 Å². The number of nitrogens with zero attached hydrogens (tertiary/aromatic N) is 5. The van der Waals surface area contributed by atoms with Crippen LogP contribution in [0.3, 0.4) is 0 Å². The minimum atomic E-state index is -0.530. The van der Waals surface area contributed by atoms with Crippen LogP contribution >= 0.6 is 0 Å². The fourth-order valence-corrected chi connectivity index (χ4v) is 4.60. The first-order valence-corrected chi connectivity index (χ1v) is 12.7. The van der Waals surface area contributed by atoms with Crippen LogP contribution in [0.4, 0.5) is 10.1 Å². The van der Waals surface area contributed by atoms with Gasteiger partial charge in [-0.15, -0.1) is 0 Å². The van der Waals surface area contributed by atoms with Crippen molar-refractivity contribution in [2.75, 3.05) is 5.32 Å². The van der Waals surface area contributed by atoms with Gasteiger partial charge in [0.25, 0.3) is 11.5 Å². The Morgan fingerprint density at radius 1 is 1.10 bits per heavy atom. The van der Waals surface area contributed by atoms with Crippen LogP contribution in [-0.2, 0) is 26.6 Å². The van der Waals surface area contributed by atoms with E-state index < -0.39 is 17.1 Å². The molecule has 6 rings (SSSR count). The third-order valence-electron chi connectivity index (χ3n) is 6.88. The molecule has 198 valence electrons. The maximum Gasteiger partial charge on any atom is 0.333 e. The number of hydrogen-bond donors (Lipinski definition) is 2. The number of imidazole rings is 1. The molecule has 0 aliphatic heterocycles. The van der Waals surface area contributed by atoms with E-state index in [4.69, 9.17) is 0 Å². The van der Waals surface area contributed by atoms with Crippen molar-refractivity contribution in [1.29, 1.82) is 0 Å². The fourth-order valence-electron chi connectivity index (χ4n) is 4.60. The molecule has 0 radical (unpaired) electrons. The number of hydrogen-bond acceptors (Lipinski definition) is 5. The number of benzene rings is 2. The fraction of sp³-hybridized carbons (Fsp3) is 0.250. The number of nitrogens with one attached hydrogen (secondary N) is 2. The maximum absolute atomic E-state index is 14.3. The molecular weight excluding hydrogens is 501 g/mol. The van der Waals surface area contributed by atoms with Gasteiger partial charge in [-0.3, -0.25) is 23.4 Å². The number of fused-ring (bicyclic) bond motifs is 1. The lowest BCUT2D eigenvalue weighted by atomic mass is 10.1. The number of halogens is 1. The van der Waals surface area contributed by atoms with Gasteiger partial charge in [0.2, 0.25) is 0 Å². The first kappa shape index (κ1) is 24.5. The van der Waals surface area contributed by atoms with Gasteiger partial charge in [-0.25, -0.2) is 14.2 Å². The Hall–Kier alpha value is -4.80. The van der Waals surface area contributed by atoms with Crippen molar-refractivity contribution >= 4 is 22.8 Å². The highest BCUT2D eigenvalue weighted by atomic mass is 19.1. The summed E-state index contributed by atoms with van der Waals surface area (Å²) in [5.74, 6) is 0.165. The number of rotatable bonds is 8. The van der Waals surface area contributed by atoms with Crippen LogP contribution in [0, 0.1) is 11.7 Å². The number of carbonyl (C=O) groups excluding carboxylic acids is 1. The van der Waals surface area contributed by atoms with Crippen LogP contribution in [0.25, 0.3) is 11.2 Å². The molecule has 39 heavy (non-hydrogen) atoms. The summed E-state index contributed by atoms with van der Waals surface area (Å²) >= 11 is 0. The molecule has 5 aromatic rings. The van der Waals surface area contributed by atoms with Gasteiger partial charge in [-0.1, -0.05) is 30.3 Å². The number of carbonyl (C=O) groups is 1. The van der Waals surface area contributed by atoms with Crippen LogP contribution < -0.4 is 16.6 Å². The molecule has 1 amide bonds. The zero-order valence-electron chi connectivity index (χ0n) is 21.2. The highest BCUT2D eigenvalue weighted by Gasteiger charge is 2.26. The van der Waals surface area contributed by atoms with Crippen molar-refractivity contribution in [3.05, 3.63) is 110 Å². The molecule has 0 bridgehead atoms. The molecule has 1 fully saturated rings. The van der Waals surface area contributed by atoms with Crippen LogP contribution in [0.15, 0.2) is 70.5 Å². The summed E-state index contributed by atoms with van der Waals surface area (Å²) in [6.45, 7) is 0.300.